The van der Waals surface area contributed by atoms with Gasteiger partial charge in [-0.3, -0.25) is 4.98 Å². The smallest absolute Gasteiger partial charge is 0.188 e. The second-order valence-electron chi connectivity index (χ2n) is 5.98. The van der Waals surface area contributed by atoms with Crippen LogP contribution >= 0.6 is 11.3 Å². The molecule has 2 aromatic heterocycles. The van der Waals surface area contributed by atoms with E-state index in [1.54, 1.807) is 17.5 Å². The molecule has 2 N–H and O–H groups in total. The summed E-state index contributed by atoms with van der Waals surface area (Å²) in [6.07, 6.45) is 7.69. The summed E-state index contributed by atoms with van der Waals surface area (Å²) in [7, 11) is 0. The van der Waals surface area contributed by atoms with Crippen molar-refractivity contribution in [2.24, 2.45) is 5.92 Å². The Balaban J connectivity index is 1.46. The van der Waals surface area contributed by atoms with Gasteiger partial charge in [0.25, 0.3) is 0 Å². The van der Waals surface area contributed by atoms with Gasteiger partial charge in [-0.2, -0.15) is 0 Å². The lowest BCUT2D eigenvalue weighted by atomic mass is 10.0. The molecule has 0 aliphatic carbocycles. The monoisotopic (exact) mass is 337 g/mol. The Morgan fingerprint density at radius 1 is 1.17 bits per heavy atom. The lowest BCUT2D eigenvalue weighted by molar-refractivity contribution is 0.571. The molecule has 1 atom stereocenters. The summed E-state index contributed by atoms with van der Waals surface area (Å²) in [6, 6.07) is 10.3. The number of rotatable bonds is 5. The van der Waals surface area contributed by atoms with E-state index in [2.05, 4.69) is 37.7 Å². The third-order valence-electron chi connectivity index (χ3n) is 4.14. The molecule has 4 rings (SSSR count). The fraction of sp³-hybridized carbons (Fsp3) is 0.278. The molecule has 0 spiro atoms. The van der Waals surface area contributed by atoms with Crippen LogP contribution in [-0.4, -0.2) is 28.0 Å². The average molecular weight is 337 g/mol. The predicted octanol–water partition coefficient (Wildman–Crippen LogP) is 3.50. The molecule has 1 aromatic carbocycles. The van der Waals surface area contributed by atoms with Crippen molar-refractivity contribution in [2.45, 2.75) is 12.8 Å². The van der Waals surface area contributed by atoms with E-state index in [-0.39, 0.29) is 0 Å². The predicted molar refractivity (Wildman–Crippen MR) is 97.5 cm³/mol. The van der Waals surface area contributed by atoms with Crippen LogP contribution in [0.4, 0.5) is 10.9 Å². The van der Waals surface area contributed by atoms with Crippen LogP contribution < -0.4 is 10.6 Å². The van der Waals surface area contributed by atoms with Crippen molar-refractivity contribution in [3.8, 4) is 10.4 Å². The van der Waals surface area contributed by atoms with Crippen molar-refractivity contribution in [1.82, 2.24) is 20.3 Å². The van der Waals surface area contributed by atoms with E-state index >= 15 is 0 Å². The van der Waals surface area contributed by atoms with E-state index < -0.39 is 0 Å². The van der Waals surface area contributed by atoms with Crippen molar-refractivity contribution in [3.05, 3.63) is 54.6 Å². The van der Waals surface area contributed by atoms with Crippen LogP contribution in [0.2, 0.25) is 0 Å². The zero-order chi connectivity index (χ0) is 16.2. The molecule has 1 fully saturated rings. The van der Waals surface area contributed by atoms with E-state index in [1.807, 2.05) is 30.6 Å². The van der Waals surface area contributed by atoms with Crippen molar-refractivity contribution < 1.29 is 0 Å². The van der Waals surface area contributed by atoms with Gasteiger partial charge in [0.1, 0.15) is 0 Å². The third kappa shape index (κ3) is 3.60. The molecule has 0 saturated carbocycles. The first kappa shape index (κ1) is 15.2. The lowest BCUT2D eigenvalue weighted by Crippen LogP contribution is -2.11. The number of hydrogen-bond donors (Lipinski definition) is 2. The van der Waals surface area contributed by atoms with E-state index in [9.17, 15) is 0 Å². The van der Waals surface area contributed by atoms with Gasteiger partial charge in [-0.15, -0.1) is 0 Å². The molecule has 0 bridgehead atoms. The van der Waals surface area contributed by atoms with Gasteiger partial charge < -0.3 is 10.6 Å². The summed E-state index contributed by atoms with van der Waals surface area (Å²) in [6.45, 7) is 2.18. The molecular formula is C18H19N5S. The number of aromatic nitrogens is 3. The molecule has 1 aliphatic rings. The summed E-state index contributed by atoms with van der Waals surface area (Å²) >= 11 is 1.62. The second-order valence-corrected chi connectivity index (χ2v) is 7.01. The number of nitrogens with zero attached hydrogens (tertiary/aromatic N) is 3. The Hall–Kier alpha value is -2.31. The molecule has 0 radical (unpaired) electrons. The maximum atomic E-state index is 4.68. The molecule has 0 amide bonds. The Morgan fingerprint density at radius 3 is 2.92 bits per heavy atom. The molecule has 1 saturated heterocycles. The minimum atomic E-state index is 0.666. The lowest BCUT2D eigenvalue weighted by Gasteiger charge is -2.08. The number of nitrogens with one attached hydrogen (secondary N) is 2. The van der Waals surface area contributed by atoms with Crippen LogP contribution in [0, 0.1) is 5.92 Å². The second kappa shape index (κ2) is 7.07. The molecule has 6 heteroatoms. The van der Waals surface area contributed by atoms with Gasteiger partial charge in [0.05, 0.1) is 16.8 Å². The minimum absolute atomic E-state index is 0.666. The Morgan fingerprint density at radius 2 is 2.08 bits per heavy atom. The van der Waals surface area contributed by atoms with Gasteiger partial charge in [0.15, 0.2) is 10.9 Å². The number of hydrogen-bond acceptors (Lipinski definition) is 6. The largest absolute Gasteiger partial charge is 0.316 e. The zero-order valence-electron chi connectivity index (χ0n) is 13.3. The van der Waals surface area contributed by atoms with Gasteiger partial charge in [-0.25, -0.2) is 9.97 Å². The fourth-order valence-electron chi connectivity index (χ4n) is 2.93. The number of benzene rings is 1. The average Bonchev–Trinajstić information content (AvgIpc) is 3.28. The first-order chi connectivity index (χ1) is 11.9. The van der Waals surface area contributed by atoms with Crippen molar-refractivity contribution in [3.63, 3.8) is 0 Å². The molecule has 3 heterocycles. The van der Waals surface area contributed by atoms with Crippen molar-refractivity contribution in [2.75, 3.05) is 18.4 Å². The summed E-state index contributed by atoms with van der Waals surface area (Å²) in [4.78, 5) is 14.6. The Labute approximate surface area is 145 Å². The molecule has 122 valence electrons. The molecule has 24 heavy (non-hydrogen) atoms. The normalized spacial score (nSPS) is 17.1. The highest BCUT2D eigenvalue weighted by atomic mass is 32.1. The highest BCUT2D eigenvalue weighted by Crippen LogP contribution is 2.30. The van der Waals surface area contributed by atoms with Gasteiger partial charge in [-0.05, 0) is 37.4 Å². The van der Waals surface area contributed by atoms with Crippen LogP contribution in [0.1, 0.15) is 12.1 Å². The van der Waals surface area contributed by atoms with E-state index in [1.165, 1.54) is 12.0 Å². The topological polar surface area (TPSA) is 62.7 Å². The highest BCUT2D eigenvalue weighted by Gasteiger charge is 2.16. The van der Waals surface area contributed by atoms with Crippen LogP contribution in [0.5, 0.6) is 0 Å². The third-order valence-corrected chi connectivity index (χ3v) is 5.11. The maximum absolute atomic E-state index is 4.68. The molecule has 1 aliphatic heterocycles. The van der Waals surface area contributed by atoms with Crippen molar-refractivity contribution >= 4 is 22.3 Å². The van der Waals surface area contributed by atoms with Gasteiger partial charge in [0.2, 0.25) is 0 Å². The van der Waals surface area contributed by atoms with E-state index in [0.29, 0.717) is 5.92 Å². The highest BCUT2D eigenvalue weighted by molar-refractivity contribution is 7.18. The van der Waals surface area contributed by atoms with Gasteiger partial charge in [0, 0.05) is 12.4 Å². The van der Waals surface area contributed by atoms with Crippen LogP contribution in [0.25, 0.3) is 10.4 Å². The molecule has 5 nitrogen and oxygen atoms in total. The standard InChI is InChI=1S/C18H19N5S/c1-2-4-14(5-3-1)16-11-21-18(24-16)23-17-12-20-10-15(22-17)8-13-6-7-19-9-13/h1-5,10-13,19H,6-9H2,(H,21,22,23)/t13-/m0/s1. The number of anilines is 2. The maximum Gasteiger partial charge on any atom is 0.188 e. The van der Waals surface area contributed by atoms with Gasteiger partial charge >= 0.3 is 0 Å². The van der Waals surface area contributed by atoms with Crippen LogP contribution in [-0.2, 0) is 6.42 Å². The Kier molecular flexibility index (Phi) is 4.49. The molecular weight excluding hydrogens is 318 g/mol. The number of thiazole rings is 1. The fourth-order valence-corrected chi connectivity index (χ4v) is 3.76. The first-order valence-corrected chi connectivity index (χ1v) is 8.98. The first-order valence-electron chi connectivity index (χ1n) is 8.17. The molecule has 0 unspecified atom stereocenters. The van der Waals surface area contributed by atoms with E-state index in [0.717, 1.165) is 41.0 Å². The summed E-state index contributed by atoms with van der Waals surface area (Å²) in [5, 5.41) is 7.51. The molecule has 3 aromatic rings. The summed E-state index contributed by atoms with van der Waals surface area (Å²) < 4.78 is 0. The van der Waals surface area contributed by atoms with Crippen LogP contribution in [0.3, 0.4) is 0 Å². The van der Waals surface area contributed by atoms with Crippen LogP contribution in [0.15, 0.2) is 48.9 Å². The summed E-state index contributed by atoms with van der Waals surface area (Å²) in [5.74, 6) is 1.42. The quantitative estimate of drug-likeness (QED) is 0.746. The van der Waals surface area contributed by atoms with E-state index in [4.69, 9.17) is 0 Å². The van der Waals surface area contributed by atoms with Gasteiger partial charge in [-0.1, -0.05) is 41.7 Å². The Bertz CT molecular complexity index is 796. The zero-order valence-corrected chi connectivity index (χ0v) is 14.1. The summed E-state index contributed by atoms with van der Waals surface area (Å²) in [5.41, 5.74) is 2.21. The van der Waals surface area contributed by atoms with Crippen molar-refractivity contribution in [1.29, 1.82) is 0 Å². The minimum Gasteiger partial charge on any atom is -0.316 e. The SMILES string of the molecule is c1ccc(-c2cnc(Nc3cncc(C[C@@H]4CCNC4)n3)s2)cc1.